The van der Waals surface area contributed by atoms with Crippen LogP contribution in [0.3, 0.4) is 0 Å². The summed E-state index contributed by atoms with van der Waals surface area (Å²) in [6.45, 7) is -1.34. The molecule has 3 atom stereocenters. The van der Waals surface area contributed by atoms with Gasteiger partial charge in [-0.25, -0.2) is 36.3 Å². The maximum absolute atomic E-state index is 14.8. The first-order valence-electron chi connectivity index (χ1n) is 9.72. The molecule has 1 saturated carbocycles. The summed E-state index contributed by atoms with van der Waals surface area (Å²) in [6.07, 6.45) is -3.99. The molecule has 176 valence electrons. The number of nitrogens with two attached hydrogens (primary N) is 1. The maximum atomic E-state index is 14.8. The van der Waals surface area contributed by atoms with Gasteiger partial charge in [-0.15, -0.1) is 0 Å². The number of nitrogens with zero attached hydrogens (tertiary/aromatic N) is 3. The number of alkyl halides is 5. The number of amides is 1. The van der Waals surface area contributed by atoms with Gasteiger partial charge in [0.05, 0.1) is 12.4 Å². The summed E-state index contributed by atoms with van der Waals surface area (Å²) in [7, 11) is 0. The van der Waals surface area contributed by atoms with E-state index in [4.69, 9.17) is 10.5 Å². The fraction of sp³-hybridized carbons (Fsp3) is 0.400. The molecule has 0 radical (unpaired) electrons. The van der Waals surface area contributed by atoms with E-state index in [1.54, 1.807) is 0 Å². The van der Waals surface area contributed by atoms with Gasteiger partial charge in [-0.05, 0) is 18.2 Å². The van der Waals surface area contributed by atoms with Gasteiger partial charge in [0.1, 0.15) is 35.5 Å². The van der Waals surface area contributed by atoms with Gasteiger partial charge in [0.25, 0.3) is 24.3 Å². The van der Waals surface area contributed by atoms with Crippen molar-refractivity contribution < 1.29 is 35.9 Å². The maximum Gasteiger partial charge on any atom is 0.283 e. The number of aliphatic imine (C=N–C) groups is 1. The number of hydrogen-bond donors (Lipinski definition) is 2. The standard InChI is InChI=1S/C20H17F6N5O2/c21-8-20(11-4-19(25,26)5-15(11)33-18(27)31-20)10-3-9(1-2-12(10)22)30-17(32)14-7-28-13(6-29-14)16(23)24/h1-3,6-7,11,15-16H,4-5,8H2,(H2,27,31)(H,30,32)/t11-,15+,20+/m0/s1. The molecule has 4 rings (SSSR count). The molecule has 1 amide bonds. The minimum atomic E-state index is -3.18. The number of hydrogen-bond acceptors (Lipinski definition) is 6. The number of amidine groups is 1. The first-order valence-corrected chi connectivity index (χ1v) is 9.72. The molecule has 0 spiro atoms. The lowest BCUT2D eigenvalue weighted by Crippen LogP contribution is -2.48. The third-order valence-corrected chi connectivity index (χ3v) is 5.68. The van der Waals surface area contributed by atoms with Crippen molar-refractivity contribution in [2.75, 3.05) is 12.0 Å². The van der Waals surface area contributed by atoms with E-state index in [1.807, 2.05) is 0 Å². The van der Waals surface area contributed by atoms with E-state index in [9.17, 15) is 31.1 Å². The molecule has 1 fully saturated rings. The van der Waals surface area contributed by atoms with Gasteiger partial charge >= 0.3 is 0 Å². The van der Waals surface area contributed by atoms with Crippen LogP contribution >= 0.6 is 0 Å². The second-order valence-electron chi connectivity index (χ2n) is 7.81. The van der Waals surface area contributed by atoms with Crippen LogP contribution < -0.4 is 11.1 Å². The molecule has 13 heteroatoms. The smallest absolute Gasteiger partial charge is 0.283 e. The lowest BCUT2D eigenvalue weighted by Gasteiger charge is -2.40. The van der Waals surface area contributed by atoms with E-state index < -0.39 is 72.9 Å². The predicted molar refractivity (Wildman–Crippen MR) is 103 cm³/mol. The van der Waals surface area contributed by atoms with Gasteiger partial charge in [-0.1, -0.05) is 0 Å². The summed E-state index contributed by atoms with van der Waals surface area (Å²) in [5.74, 6) is -6.20. The molecule has 1 aliphatic carbocycles. The molecule has 0 bridgehead atoms. The lowest BCUT2D eigenvalue weighted by molar-refractivity contribution is -0.00299. The van der Waals surface area contributed by atoms with Gasteiger partial charge in [-0.3, -0.25) is 9.78 Å². The molecule has 3 N–H and O–H groups in total. The summed E-state index contributed by atoms with van der Waals surface area (Å²) in [6, 6.07) is 2.58. The Hall–Kier alpha value is -3.38. The third-order valence-electron chi connectivity index (χ3n) is 5.68. The zero-order valence-corrected chi connectivity index (χ0v) is 16.7. The molecule has 0 unspecified atom stereocenters. The van der Waals surface area contributed by atoms with Crippen molar-refractivity contribution in [1.82, 2.24) is 9.97 Å². The van der Waals surface area contributed by atoms with Crippen LogP contribution in [-0.4, -0.2) is 40.6 Å². The van der Waals surface area contributed by atoms with Crippen LogP contribution in [0.1, 0.15) is 41.0 Å². The molecule has 33 heavy (non-hydrogen) atoms. The zero-order chi connectivity index (χ0) is 24.0. The minimum absolute atomic E-state index is 0.0365. The van der Waals surface area contributed by atoms with Crippen molar-refractivity contribution in [2.45, 2.75) is 36.8 Å². The second-order valence-corrected chi connectivity index (χ2v) is 7.81. The Labute approximate surface area is 183 Å². The summed E-state index contributed by atoms with van der Waals surface area (Å²) >= 11 is 0. The molecule has 1 aromatic heterocycles. The first-order chi connectivity index (χ1) is 15.5. The second kappa shape index (κ2) is 8.19. The largest absolute Gasteiger partial charge is 0.461 e. The normalized spacial score (nSPS) is 25.8. The number of carbonyl (C=O) groups is 1. The summed E-state index contributed by atoms with van der Waals surface area (Å²) in [5.41, 5.74) is 2.15. The Bertz CT molecular complexity index is 1100. The van der Waals surface area contributed by atoms with E-state index in [2.05, 4.69) is 20.3 Å². The summed E-state index contributed by atoms with van der Waals surface area (Å²) in [5, 5.41) is 2.36. The molecule has 7 nitrogen and oxygen atoms in total. The Morgan fingerprint density at radius 2 is 2.00 bits per heavy atom. The highest BCUT2D eigenvalue weighted by Gasteiger charge is 2.60. The van der Waals surface area contributed by atoms with Crippen molar-refractivity contribution in [2.24, 2.45) is 16.6 Å². The third kappa shape index (κ3) is 4.18. The van der Waals surface area contributed by atoms with E-state index in [0.717, 1.165) is 30.6 Å². The van der Waals surface area contributed by atoms with Crippen molar-refractivity contribution >= 4 is 17.6 Å². The van der Waals surface area contributed by atoms with Gasteiger partial charge in [0.15, 0.2) is 0 Å². The van der Waals surface area contributed by atoms with Crippen LogP contribution in [0.5, 0.6) is 0 Å². The number of nitrogens with one attached hydrogen (secondary N) is 1. The Kier molecular flexibility index (Phi) is 5.66. The minimum Gasteiger partial charge on any atom is -0.461 e. The number of anilines is 1. The molecule has 2 aliphatic rings. The van der Waals surface area contributed by atoms with Crippen molar-refractivity contribution in [1.29, 1.82) is 0 Å². The molecular formula is C20H17F6N5O2. The lowest BCUT2D eigenvalue weighted by atomic mass is 9.76. The average Bonchev–Trinajstić information content (AvgIpc) is 3.08. The highest BCUT2D eigenvalue weighted by Crippen LogP contribution is 2.53. The van der Waals surface area contributed by atoms with Crippen molar-refractivity contribution in [3.05, 3.63) is 53.4 Å². The molecule has 1 aromatic carbocycles. The molecule has 1 aliphatic heterocycles. The first kappa shape index (κ1) is 22.8. The molecule has 0 saturated heterocycles. The number of benzene rings is 1. The van der Waals surface area contributed by atoms with Crippen molar-refractivity contribution in [3.63, 3.8) is 0 Å². The Morgan fingerprint density at radius 3 is 2.64 bits per heavy atom. The van der Waals surface area contributed by atoms with Gasteiger partial charge in [-0.2, -0.15) is 0 Å². The van der Waals surface area contributed by atoms with Crippen LogP contribution in [0, 0.1) is 11.7 Å². The van der Waals surface area contributed by atoms with Crippen LogP contribution in [0.15, 0.2) is 35.6 Å². The number of aromatic nitrogens is 2. The number of ether oxygens (including phenoxy) is 1. The van der Waals surface area contributed by atoms with Gasteiger partial charge in [0, 0.05) is 30.0 Å². The van der Waals surface area contributed by atoms with Gasteiger partial charge in [0.2, 0.25) is 0 Å². The van der Waals surface area contributed by atoms with Gasteiger partial charge < -0.3 is 15.8 Å². The summed E-state index contributed by atoms with van der Waals surface area (Å²) in [4.78, 5) is 23.3. The quantitative estimate of drug-likeness (QED) is 0.645. The Morgan fingerprint density at radius 1 is 1.24 bits per heavy atom. The topological polar surface area (TPSA) is 102 Å². The fourth-order valence-electron chi connectivity index (χ4n) is 4.19. The SMILES string of the molecule is NC1=N[C@](CF)(c2cc(NC(=O)c3cnc(C(F)F)cn3)ccc2F)[C@H]2CC(F)(F)C[C@H]2O1. The number of rotatable bonds is 5. The van der Waals surface area contributed by atoms with E-state index in [1.165, 1.54) is 0 Å². The van der Waals surface area contributed by atoms with E-state index >= 15 is 0 Å². The molecular weight excluding hydrogens is 456 g/mol. The van der Waals surface area contributed by atoms with Crippen LogP contribution in [-0.2, 0) is 10.3 Å². The Balaban J connectivity index is 1.67. The molecule has 2 aromatic rings. The highest BCUT2D eigenvalue weighted by atomic mass is 19.3. The fourth-order valence-corrected chi connectivity index (χ4v) is 4.19. The average molecular weight is 473 g/mol. The summed E-state index contributed by atoms with van der Waals surface area (Å²) < 4.78 is 87.8. The number of fused-ring (bicyclic) bond motifs is 1. The highest BCUT2D eigenvalue weighted by molar-refractivity contribution is 6.02. The predicted octanol–water partition coefficient (Wildman–Crippen LogP) is 3.73. The van der Waals surface area contributed by atoms with Crippen LogP contribution in [0.4, 0.5) is 32.0 Å². The van der Waals surface area contributed by atoms with Crippen LogP contribution in [0.2, 0.25) is 0 Å². The van der Waals surface area contributed by atoms with E-state index in [0.29, 0.717) is 0 Å². The van der Waals surface area contributed by atoms with Crippen molar-refractivity contribution in [3.8, 4) is 0 Å². The number of halogens is 6. The number of carbonyl (C=O) groups excluding carboxylic acids is 1. The zero-order valence-electron chi connectivity index (χ0n) is 16.7. The monoisotopic (exact) mass is 473 g/mol. The molecule has 2 heterocycles. The van der Waals surface area contributed by atoms with E-state index in [-0.39, 0.29) is 16.9 Å². The van der Waals surface area contributed by atoms with Crippen LogP contribution in [0.25, 0.3) is 0 Å².